The van der Waals surface area contributed by atoms with Gasteiger partial charge in [-0.15, -0.1) is 0 Å². The van der Waals surface area contributed by atoms with Crippen LogP contribution >= 0.6 is 0 Å². The predicted molar refractivity (Wildman–Crippen MR) is 148 cm³/mol. The highest BCUT2D eigenvalue weighted by atomic mass is 16.3. The fourth-order valence-corrected chi connectivity index (χ4v) is 8.55. The molecule has 0 aromatic heterocycles. The van der Waals surface area contributed by atoms with Crippen molar-refractivity contribution in [2.75, 3.05) is 0 Å². The van der Waals surface area contributed by atoms with Crippen molar-refractivity contribution in [2.45, 2.75) is 65.6 Å². The lowest BCUT2D eigenvalue weighted by molar-refractivity contribution is -0.241. The molecule has 5 rings (SSSR count). The van der Waals surface area contributed by atoms with Gasteiger partial charge in [-0.2, -0.15) is 0 Å². The molecule has 8 atom stereocenters. The van der Waals surface area contributed by atoms with Crippen LogP contribution in [0.1, 0.15) is 67.6 Å². The number of carbonyl (C=O) groups excluding carboxylic acids is 5. The van der Waals surface area contributed by atoms with Gasteiger partial charge in [0.15, 0.2) is 28.7 Å². The Morgan fingerprint density at radius 1 is 1.00 bits per heavy atom. The third-order valence-electron chi connectivity index (χ3n) is 10.3. The molecule has 3 aliphatic rings. The Morgan fingerprint density at radius 2 is 1.63 bits per heavy atom. The number of Topliss-reactive ketones (excluding diaryl/α,β-unsaturated/α-hetero) is 5. The third kappa shape index (κ3) is 3.50. The van der Waals surface area contributed by atoms with E-state index in [1.54, 1.807) is 32.9 Å². The zero-order valence-corrected chi connectivity index (χ0v) is 24.1. The van der Waals surface area contributed by atoms with Crippen LogP contribution in [0.4, 0.5) is 0 Å². The van der Waals surface area contributed by atoms with E-state index in [1.165, 1.54) is 13.0 Å². The minimum Gasteiger partial charge on any atom is -0.507 e. The molecular weight excluding hydrogens is 524 g/mol. The minimum atomic E-state index is -2.98. The van der Waals surface area contributed by atoms with E-state index >= 15 is 0 Å². The Balaban J connectivity index is 1.84. The van der Waals surface area contributed by atoms with E-state index in [1.807, 2.05) is 31.2 Å². The van der Waals surface area contributed by atoms with Crippen molar-refractivity contribution in [3.05, 3.63) is 64.7 Å². The SMILES string of the molecule is CC(=O)C1C(=O)C(C(C)C)[C@@]2(C)[C@H](O)[C@]3(C)C(C(=O)c4c(O)cccc4[C@H]3Cc3cccc(C)c3)C(=O)[C@@]2(O)C1=O. The highest BCUT2D eigenvalue weighted by Gasteiger charge is 2.80. The number of rotatable bonds is 4. The second-order valence-electron chi connectivity index (χ2n) is 12.9. The van der Waals surface area contributed by atoms with Gasteiger partial charge in [0.25, 0.3) is 0 Å². The van der Waals surface area contributed by atoms with Crippen LogP contribution in [0.2, 0.25) is 0 Å². The molecule has 216 valence electrons. The number of hydrogen-bond donors (Lipinski definition) is 3. The number of aliphatic hydroxyl groups is 2. The maximum atomic E-state index is 14.6. The molecule has 0 amide bonds. The Kier molecular flexibility index (Phi) is 6.55. The topological polar surface area (TPSA) is 146 Å². The van der Waals surface area contributed by atoms with E-state index in [2.05, 4.69) is 0 Å². The smallest absolute Gasteiger partial charge is 0.191 e. The van der Waals surface area contributed by atoms with Crippen molar-refractivity contribution in [1.82, 2.24) is 0 Å². The lowest BCUT2D eigenvalue weighted by Gasteiger charge is -2.65. The lowest BCUT2D eigenvalue weighted by Crippen LogP contribution is -2.82. The highest BCUT2D eigenvalue weighted by molar-refractivity contribution is 6.32. The van der Waals surface area contributed by atoms with E-state index < -0.39 is 81.0 Å². The normalized spacial score (nSPS) is 36.6. The largest absolute Gasteiger partial charge is 0.507 e. The number of carbonyl (C=O) groups is 5. The van der Waals surface area contributed by atoms with Gasteiger partial charge in [-0.1, -0.05) is 69.7 Å². The molecule has 0 bridgehead atoms. The molecular formula is C33H36O8. The summed E-state index contributed by atoms with van der Waals surface area (Å²) in [4.78, 5) is 69.0. The van der Waals surface area contributed by atoms with Crippen LogP contribution in [0.15, 0.2) is 42.5 Å². The lowest BCUT2D eigenvalue weighted by atomic mass is 9.37. The van der Waals surface area contributed by atoms with Gasteiger partial charge in [0.1, 0.15) is 17.5 Å². The standard InChI is InChI=1S/C33H36O8/c1-15(2)24-26(36)22(17(4)34)28(38)33(41)29(39)25-27(37)23-19(11-8-12-21(23)35)20(14-18-10-7-9-16(3)13-18)31(25,5)30(40)32(24,33)6/h7-13,15,20,22,24-25,30,35,40-41H,14H2,1-6H3/t20-,22?,24?,25?,30-,31+,32+,33+/m1/s1. The van der Waals surface area contributed by atoms with Crippen molar-refractivity contribution < 1.29 is 39.3 Å². The van der Waals surface area contributed by atoms with Crippen LogP contribution in [-0.2, 0) is 25.6 Å². The first-order valence-electron chi connectivity index (χ1n) is 14.0. The number of aryl methyl sites for hydroxylation is 1. The van der Waals surface area contributed by atoms with Crippen molar-refractivity contribution in [3.63, 3.8) is 0 Å². The summed E-state index contributed by atoms with van der Waals surface area (Å²) in [6.45, 7) is 9.29. The van der Waals surface area contributed by atoms with Gasteiger partial charge in [-0.3, -0.25) is 24.0 Å². The van der Waals surface area contributed by atoms with E-state index in [-0.39, 0.29) is 17.7 Å². The summed E-state index contributed by atoms with van der Waals surface area (Å²) in [5.74, 6) is -11.3. The van der Waals surface area contributed by atoms with Crippen LogP contribution in [-0.4, -0.2) is 55.9 Å². The second kappa shape index (κ2) is 9.26. The number of benzene rings is 2. The monoisotopic (exact) mass is 560 g/mol. The molecule has 0 radical (unpaired) electrons. The molecule has 2 saturated carbocycles. The number of aromatic hydroxyl groups is 1. The van der Waals surface area contributed by atoms with Gasteiger partial charge in [0.2, 0.25) is 0 Å². The summed E-state index contributed by atoms with van der Waals surface area (Å²) < 4.78 is 0. The van der Waals surface area contributed by atoms with Crippen LogP contribution < -0.4 is 0 Å². The molecule has 3 aliphatic carbocycles. The fourth-order valence-electron chi connectivity index (χ4n) is 8.55. The summed E-state index contributed by atoms with van der Waals surface area (Å²) in [7, 11) is 0. The highest BCUT2D eigenvalue weighted by Crippen LogP contribution is 2.67. The molecule has 8 nitrogen and oxygen atoms in total. The molecule has 41 heavy (non-hydrogen) atoms. The molecule has 2 fully saturated rings. The van der Waals surface area contributed by atoms with Gasteiger partial charge in [0, 0.05) is 16.7 Å². The fraction of sp³-hybridized carbons (Fsp3) is 0.485. The van der Waals surface area contributed by atoms with Gasteiger partial charge in [-0.05, 0) is 49.3 Å². The first-order chi connectivity index (χ1) is 19.1. The maximum Gasteiger partial charge on any atom is 0.191 e. The van der Waals surface area contributed by atoms with E-state index in [9.17, 15) is 39.3 Å². The molecule has 2 aromatic carbocycles. The van der Waals surface area contributed by atoms with E-state index in [0.717, 1.165) is 18.1 Å². The first kappa shape index (κ1) is 29.0. The third-order valence-corrected chi connectivity index (χ3v) is 10.3. The average molecular weight is 561 g/mol. The minimum absolute atomic E-state index is 0.0942. The molecule has 2 aromatic rings. The van der Waals surface area contributed by atoms with Crippen LogP contribution in [0.3, 0.4) is 0 Å². The Bertz CT molecular complexity index is 1520. The molecule has 8 heteroatoms. The summed E-state index contributed by atoms with van der Waals surface area (Å²) >= 11 is 0. The van der Waals surface area contributed by atoms with Crippen molar-refractivity contribution >= 4 is 28.9 Å². The Labute approximate surface area is 238 Å². The summed E-state index contributed by atoms with van der Waals surface area (Å²) in [6.07, 6.45) is -1.44. The van der Waals surface area contributed by atoms with Crippen molar-refractivity contribution in [1.29, 1.82) is 0 Å². The predicted octanol–water partition coefficient (Wildman–Crippen LogP) is 3.16. The average Bonchev–Trinajstić information content (AvgIpc) is 2.88. The summed E-state index contributed by atoms with van der Waals surface area (Å²) in [6, 6.07) is 12.2. The molecule has 3 unspecified atom stereocenters. The molecule has 0 saturated heterocycles. The van der Waals surface area contributed by atoms with Gasteiger partial charge < -0.3 is 15.3 Å². The number of phenols is 1. The van der Waals surface area contributed by atoms with Crippen molar-refractivity contribution in [3.8, 4) is 5.75 Å². The number of fused-ring (bicyclic) bond motifs is 3. The van der Waals surface area contributed by atoms with E-state index in [0.29, 0.717) is 5.56 Å². The zero-order valence-electron chi connectivity index (χ0n) is 24.1. The first-order valence-corrected chi connectivity index (χ1v) is 14.0. The summed E-state index contributed by atoms with van der Waals surface area (Å²) in [5.41, 5.74) is -4.43. The van der Waals surface area contributed by atoms with Gasteiger partial charge >= 0.3 is 0 Å². The number of ketones is 5. The van der Waals surface area contributed by atoms with Crippen molar-refractivity contribution in [2.24, 2.45) is 34.5 Å². The number of phenolic OH excluding ortho intramolecular Hbond substituents is 1. The second-order valence-corrected chi connectivity index (χ2v) is 12.9. The van der Waals surface area contributed by atoms with Crippen LogP contribution in [0.5, 0.6) is 5.75 Å². The molecule has 3 N–H and O–H groups in total. The molecule has 0 heterocycles. The summed E-state index contributed by atoms with van der Waals surface area (Å²) in [5, 5.41) is 35.5. The Morgan fingerprint density at radius 3 is 2.22 bits per heavy atom. The molecule has 0 spiro atoms. The zero-order chi connectivity index (χ0) is 30.4. The number of hydrogen-bond acceptors (Lipinski definition) is 8. The van der Waals surface area contributed by atoms with E-state index in [4.69, 9.17) is 0 Å². The maximum absolute atomic E-state index is 14.6. The van der Waals surface area contributed by atoms with Gasteiger partial charge in [-0.25, -0.2) is 0 Å². The number of aliphatic hydroxyl groups excluding tert-OH is 1. The van der Waals surface area contributed by atoms with Crippen LogP contribution in [0.25, 0.3) is 0 Å². The quantitative estimate of drug-likeness (QED) is 0.484. The van der Waals surface area contributed by atoms with Crippen LogP contribution in [0, 0.1) is 41.4 Å². The van der Waals surface area contributed by atoms with Gasteiger partial charge in [0.05, 0.1) is 17.6 Å². The molecule has 0 aliphatic heterocycles. The Hall–Kier alpha value is -3.49.